The van der Waals surface area contributed by atoms with Crippen molar-refractivity contribution >= 4 is 5.82 Å². The van der Waals surface area contributed by atoms with Crippen LogP contribution in [0.3, 0.4) is 0 Å². The van der Waals surface area contributed by atoms with Gasteiger partial charge in [0.05, 0.1) is 0 Å². The number of aromatic nitrogens is 2. The minimum Gasteiger partial charge on any atom is -0.352 e. The first kappa shape index (κ1) is 13.8. The van der Waals surface area contributed by atoms with Crippen LogP contribution in [0.1, 0.15) is 57.0 Å². The molecule has 3 rings (SSSR count). The molecule has 0 amide bonds. The number of nitrogens with one attached hydrogen (secondary N) is 1. The van der Waals surface area contributed by atoms with Crippen molar-refractivity contribution in [2.45, 2.75) is 64.5 Å². The zero-order valence-corrected chi connectivity index (χ0v) is 12.9. The lowest BCUT2D eigenvalue weighted by Gasteiger charge is -2.31. The minimum atomic E-state index is 0.388. The van der Waals surface area contributed by atoms with Crippen LogP contribution in [0.4, 0.5) is 5.82 Å². The Bertz CT molecular complexity index is 466. The van der Waals surface area contributed by atoms with Gasteiger partial charge < -0.3 is 10.2 Å². The largest absolute Gasteiger partial charge is 0.352 e. The molecule has 0 aromatic carbocycles. The first-order valence-corrected chi connectivity index (χ1v) is 8.01. The van der Waals surface area contributed by atoms with Gasteiger partial charge in [-0.3, -0.25) is 0 Å². The Hall–Kier alpha value is -1.16. The molecule has 2 atom stereocenters. The summed E-state index contributed by atoms with van der Waals surface area (Å²) in [5.74, 6) is 2.50. The summed E-state index contributed by atoms with van der Waals surface area (Å²) >= 11 is 0. The topological polar surface area (TPSA) is 41.0 Å². The quantitative estimate of drug-likeness (QED) is 0.920. The predicted molar refractivity (Wildman–Crippen MR) is 82.3 cm³/mol. The van der Waals surface area contributed by atoms with E-state index in [9.17, 15) is 0 Å². The molecule has 0 saturated carbocycles. The normalized spacial score (nSPS) is 26.7. The van der Waals surface area contributed by atoms with Crippen molar-refractivity contribution in [2.24, 2.45) is 0 Å². The fourth-order valence-corrected chi connectivity index (χ4v) is 3.51. The number of rotatable bonds is 3. The van der Waals surface area contributed by atoms with E-state index in [1.54, 1.807) is 0 Å². The number of nitrogens with zero attached hydrogens (tertiary/aromatic N) is 3. The van der Waals surface area contributed by atoms with E-state index in [0.29, 0.717) is 18.0 Å². The summed E-state index contributed by atoms with van der Waals surface area (Å²) in [6, 6.07) is 3.42. The standard InChI is InChI=1S/C16H26N4/c1-11(2)16-18-12(3)10-15(19-16)20-9-5-7-14(20)13-6-4-8-17-13/h10-11,13-14,17H,4-9H2,1-3H3. The van der Waals surface area contributed by atoms with Gasteiger partial charge in [0, 0.05) is 36.3 Å². The van der Waals surface area contributed by atoms with Crippen LogP contribution in [0, 0.1) is 6.92 Å². The van der Waals surface area contributed by atoms with Gasteiger partial charge in [0.1, 0.15) is 11.6 Å². The van der Waals surface area contributed by atoms with Crippen molar-refractivity contribution in [2.75, 3.05) is 18.0 Å². The molecule has 4 heteroatoms. The van der Waals surface area contributed by atoms with Crippen molar-refractivity contribution in [3.8, 4) is 0 Å². The van der Waals surface area contributed by atoms with Crippen LogP contribution in [-0.2, 0) is 0 Å². The molecular formula is C16H26N4. The first-order valence-electron chi connectivity index (χ1n) is 8.01. The summed E-state index contributed by atoms with van der Waals surface area (Å²) in [4.78, 5) is 11.9. The van der Waals surface area contributed by atoms with Gasteiger partial charge in [-0.1, -0.05) is 13.8 Å². The average Bonchev–Trinajstić information content (AvgIpc) is 3.08. The highest BCUT2D eigenvalue weighted by molar-refractivity contribution is 5.43. The minimum absolute atomic E-state index is 0.388. The maximum atomic E-state index is 4.82. The number of aryl methyl sites for hydroxylation is 1. The molecule has 0 radical (unpaired) electrons. The van der Waals surface area contributed by atoms with Gasteiger partial charge in [0.25, 0.3) is 0 Å². The van der Waals surface area contributed by atoms with E-state index in [4.69, 9.17) is 4.98 Å². The molecule has 2 aliphatic heterocycles. The van der Waals surface area contributed by atoms with Crippen LogP contribution in [0.25, 0.3) is 0 Å². The number of anilines is 1. The third-order valence-electron chi connectivity index (χ3n) is 4.53. The van der Waals surface area contributed by atoms with Crippen molar-refractivity contribution in [3.05, 3.63) is 17.6 Å². The molecule has 2 saturated heterocycles. The van der Waals surface area contributed by atoms with Gasteiger partial charge in [-0.15, -0.1) is 0 Å². The molecular weight excluding hydrogens is 248 g/mol. The summed E-state index contributed by atoms with van der Waals surface area (Å²) in [6.07, 6.45) is 5.19. The molecule has 110 valence electrons. The van der Waals surface area contributed by atoms with Gasteiger partial charge in [-0.05, 0) is 39.2 Å². The van der Waals surface area contributed by atoms with Crippen LogP contribution in [-0.4, -0.2) is 35.1 Å². The Morgan fingerprint density at radius 1 is 1.25 bits per heavy atom. The highest BCUT2D eigenvalue weighted by Gasteiger charge is 2.34. The highest BCUT2D eigenvalue weighted by Crippen LogP contribution is 2.29. The van der Waals surface area contributed by atoms with Crippen molar-refractivity contribution in [1.82, 2.24) is 15.3 Å². The molecule has 1 aromatic heterocycles. The molecule has 2 unspecified atom stereocenters. The predicted octanol–water partition coefficient (Wildman–Crippen LogP) is 2.63. The fraction of sp³-hybridized carbons (Fsp3) is 0.750. The van der Waals surface area contributed by atoms with E-state index in [1.807, 2.05) is 0 Å². The molecule has 1 aromatic rings. The third kappa shape index (κ3) is 2.66. The van der Waals surface area contributed by atoms with Gasteiger partial charge >= 0.3 is 0 Å². The van der Waals surface area contributed by atoms with Gasteiger partial charge in [0.2, 0.25) is 0 Å². The smallest absolute Gasteiger partial charge is 0.133 e. The van der Waals surface area contributed by atoms with E-state index < -0.39 is 0 Å². The molecule has 0 bridgehead atoms. The zero-order chi connectivity index (χ0) is 14.1. The molecule has 4 nitrogen and oxygen atoms in total. The lowest BCUT2D eigenvalue weighted by molar-refractivity contribution is 0.480. The Labute approximate surface area is 122 Å². The second-order valence-corrected chi connectivity index (χ2v) is 6.49. The summed E-state index contributed by atoms with van der Waals surface area (Å²) in [6.45, 7) is 8.72. The van der Waals surface area contributed by atoms with Crippen LogP contribution in [0.2, 0.25) is 0 Å². The summed E-state index contributed by atoms with van der Waals surface area (Å²) in [5.41, 5.74) is 1.09. The molecule has 2 aliphatic rings. The van der Waals surface area contributed by atoms with E-state index in [1.165, 1.54) is 32.2 Å². The summed E-state index contributed by atoms with van der Waals surface area (Å²) < 4.78 is 0. The van der Waals surface area contributed by atoms with E-state index in [-0.39, 0.29) is 0 Å². The van der Waals surface area contributed by atoms with Crippen molar-refractivity contribution in [3.63, 3.8) is 0 Å². The maximum absolute atomic E-state index is 4.82. The monoisotopic (exact) mass is 274 g/mol. The van der Waals surface area contributed by atoms with E-state index in [0.717, 1.165) is 23.9 Å². The molecule has 3 heterocycles. The first-order chi connectivity index (χ1) is 9.65. The maximum Gasteiger partial charge on any atom is 0.133 e. The Morgan fingerprint density at radius 3 is 2.80 bits per heavy atom. The summed E-state index contributed by atoms with van der Waals surface area (Å²) in [7, 11) is 0. The van der Waals surface area contributed by atoms with Crippen LogP contribution in [0.5, 0.6) is 0 Å². The van der Waals surface area contributed by atoms with Crippen molar-refractivity contribution < 1.29 is 0 Å². The molecule has 0 aliphatic carbocycles. The Kier molecular flexibility index (Phi) is 3.92. The Balaban J connectivity index is 1.87. The third-order valence-corrected chi connectivity index (χ3v) is 4.53. The SMILES string of the molecule is Cc1cc(N2CCCC2C2CCCN2)nc(C(C)C)n1. The van der Waals surface area contributed by atoms with Gasteiger partial charge in [0.15, 0.2) is 0 Å². The zero-order valence-electron chi connectivity index (χ0n) is 12.9. The molecule has 20 heavy (non-hydrogen) atoms. The number of hydrogen-bond donors (Lipinski definition) is 1. The van der Waals surface area contributed by atoms with Crippen LogP contribution in [0.15, 0.2) is 6.07 Å². The van der Waals surface area contributed by atoms with E-state index in [2.05, 4.69) is 42.0 Å². The van der Waals surface area contributed by atoms with Crippen molar-refractivity contribution in [1.29, 1.82) is 0 Å². The molecule has 1 N–H and O–H groups in total. The van der Waals surface area contributed by atoms with Gasteiger partial charge in [-0.2, -0.15) is 0 Å². The lowest BCUT2D eigenvalue weighted by atomic mass is 10.0. The molecule has 2 fully saturated rings. The van der Waals surface area contributed by atoms with E-state index >= 15 is 0 Å². The second kappa shape index (κ2) is 5.68. The summed E-state index contributed by atoms with van der Waals surface area (Å²) in [5, 5.41) is 3.67. The second-order valence-electron chi connectivity index (χ2n) is 6.49. The van der Waals surface area contributed by atoms with Crippen LogP contribution >= 0.6 is 0 Å². The highest BCUT2D eigenvalue weighted by atomic mass is 15.3. The van der Waals surface area contributed by atoms with Crippen LogP contribution < -0.4 is 10.2 Å². The van der Waals surface area contributed by atoms with Gasteiger partial charge in [-0.25, -0.2) is 9.97 Å². The Morgan fingerprint density at radius 2 is 2.10 bits per heavy atom. The fourth-order valence-electron chi connectivity index (χ4n) is 3.51. The number of hydrogen-bond acceptors (Lipinski definition) is 4. The molecule has 0 spiro atoms. The average molecular weight is 274 g/mol. The lowest BCUT2D eigenvalue weighted by Crippen LogP contribution is -2.44.